The number of aromatic nitrogens is 4. The predicted molar refractivity (Wildman–Crippen MR) is 108 cm³/mol. The van der Waals surface area contributed by atoms with Crippen LogP contribution in [-0.2, 0) is 0 Å². The van der Waals surface area contributed by atoms with Crippen LogP contribution in [-0.4, -0.2) is 43.6 Å². The number of carbonyl (C=O) groups is 1. The van der Waals surface area contributed by atoms with Gasteiger partial charge in [-0.1, -0.05) is 13.0 Å². The number of rotatable bonds is 4. The first-order valence-electron chi connectivity index (χ1n) is 9.40. The smallest absolute Gasteiger partial charge is 0.253 e. The van der Waals surface area contributed by atoms with Crippen molar-refractivity contribution >= 4 is 23.5 Å². The summed E-state index contributed by atoms with van der Waals surface area (Å²) in [5.41, 5.74) is 7.41. The van der Waals surface area contributed by atoms with Crippen LogP contribution in [0.25, 0.3) is 5.82 Å². The molecule has 3 N–H and O–H groups in total. The number of nitrogens with zero attached hydrogens (tertiary/aromatic N) is 5. The standard InChI is InChI=1S/C20H23N7O/c1-14-9-12-26(13-10-14)18(28)15-5-7-16(8-6-15)23-20-24-19(21)27(25-20)17-4-2-3-11-22-17/h2-8,11,14H,9-10,12-13H2,1H3,(H3,21,23,24,25). The average molecular weight is 377 g/mol. The summed E-state index contributed by atoms with van der Waals surface area (Å²) in [6.45, 7) is 3.89. The molecule has 0 aliphatic carbocycles. The Hall–Kier alpha value is -3.42. The van der Waals surface area contributed by atoms with Gasteiger partial charge in [-0.15, -0.1) is 5.10 Å². The van der Waals surface area contributed by atoms with Gasteiger partial charge < -0.3 is 16.0 Å². The van der Waals surface area contributed by atoms with Gasteiger partial charge in [0.05, 0.1) is 0 Å². The van der Waals surface area contributed by atoms with E-state index < -0.39 is 0 Å². The van der Waals surface area contributed by atoms with E-state index in [2.05, 4.69) is 27.3 Å². The fraction of sp³-hybridized carbons (Fsp3) is 0.300. The Bertz CT molecular complexity index is 944. The Balaban J connectivity index is 1.44. The fourth-order valence-corrected chi connectivity index (χ4v) is 3.24. The van der Waals surface area contributed by atoms with E-state index >= 15 is 0 Å². The molecule has 0 spiro atoms. The molecule has 8 nitrogen and oxygen atoms in total. The topological polar surface area (TPSA) is 102 Å². The molecule has 3 aromatic rings. The highest BCUT2D eigenvalue weighted by atomic mass is 16.2. The van der Waals surface area contributed by atoms with Crippen molar-refractivity contribution in [3.05, 3.63) is 54.2 Å². The van der Waals surface area contributed by atoms with Crippen LogP contribution >= 0.6 is 0 Å². The number of hydrogen-bond donors (Lipinski definition) is 2. The molecule has 4 rings (SSSR count). The molecule has 2 aromatic heterocycles. The molecule has 1 fully saturated rings. The van der Waals surface area contributed by atoms with Gasteiger partial charge in [0, 0.05) is 30.5 Å². The molecule has 1 saturated heterocycles. The third-order valence-electron chi connectivity index (χ3n) is 4.96. The first-order valence-corrected chi connectivity index (χ1v) is 9.40. The van der Waals surface area contributed by atoms with Gasteiger partial charge in [0.15, 0.2) is 5.82 Å². The highest BCUT2D eigenvalue weighted by Gasteiger charge is 2.21. The summed E-state index contributed by atoms with van der Waals surface area (Å²) in [7, 11) is 0. The maximum Gasteiger partial charge on any atom is 0.253 e. The van der Waals surface area contributed by atoms with Crippen molar-refractivity contribution in [1.82, 2.24) is 24.6 Å². The molecule has 0 atom stereocenters. The van der Waals surface area contributed by atoms with Crippen molar-refractivity contribution in [2.75, 3.05) is 24.1 Å². The molecule has 8 heteroatoms. The molecule has 0 radical (unpaired) electrons. The van der Waals surface area contributed by atoms with E-state index in [1.54, 1.807) is 12.3 Å². The van der Waals surface area contributed by atoms with E-state index in [-0.39, 0.29) is 11.9 Å². The van der Waals surface area contributed by atoms with Crippen LogP contribution in [0.1, 0.15) is 30.1 Å². The third kappa shape index (κ3) is 3.80. The zero-order valence-electron chi connectivity index (χ0n) is 15.7. The Morgan fingerprint density at radius 1 is 1.14 bits per heavy atom. The van der Waals surface area contributed by atoms with E-state index in [0.717, 1.165) is 31.6 Å². The number of nitrogen functional groups attached to an aromatic ring is 1. The number of nitrogens with one attached hydrogen (secondary N) is 1. The van der Waals surface area contributed by atoms with Crippen molar-refractivity contribution < 1.29 is 4.79 Å². The average Bonchev–Trinajstić information content (AvgIpc) is 3.09. The van der Waals surface area contributed by atoms with E-state index in [1.807, 2.05) is 41.3 Å². The second kappa shape index (κ2) is 7.67. The lowest BCUT2D eigenvalue weighted by atomic mass is 9.98. The van der Waals surface area contributed by atoms with Gasteiger partial charge in [0.25, 0.3) is 5.91 Å². The summed E-state index contributed by atoms with van der Waals surface area (Å²) >= 11 is 0. The van der Waals surface area contributed by atoms with Crippen molar-refractivity contribution in [3.8, 4) is 5.82 Å². The van der Waals surface area contributed by atoms with E-state index in [4.69, 9.17) is 5.73 Å². The molecule has 1 aromatic carbocycles. The zero-order valence-corrected chi connectivity index (χ0v) is 15.7. The molecule has 1 aliphatic rings. The number of likely N-dealkylation sites (tertiary alicyclic amines) is 1. The molecule has 28 heavy (non-hydrogen) atoms. The maximum atomic E-state index is 12.6. The minimum absolute atomic E-state index is 0.0836. The first kappa shape index (κ1) is 18.0. The number of nitrogens with two attached hydrogens (primary N) is 1. The highest BCUT2D eigenvalue weighted by molar-refractivity contribution is 5.94. The number of pyridine rings is 1. The number of anilines is 3. The van der Waals surface area contributed by atoms with Crippen LogP contribution in [0, 0.1) is 5.92 Å². The van der Waals surface area contributed by atoms with Crippen LogP contribution in [0.3, 0.4) is 0 Å². The van der Waals surface area contributed by atoms with Crippen molar-refractivity contribution in [1.29, 1.82) is 0 Å². The lowest BCUT2D eigenvalue weighted by Crippen LogP contribution is -2.37. The minimum atomic E-state index is 0.0836. The van der Waals surface area contributed by atoms with Gasteiger partial charge in [0.1, 0.15) is 0 Å². The largest absolute Gasteiger partial charge is 0.368 e. The van der Waals surface area contributed by atoms with Crippen LogP contribution in [0.2, 0.25) is 0 Å². The van der Waals surface area contributed by atoms with Crippen LogP contribution in [0.5, 0.6) is 0 Å². The van der Waals surface area contributed by atoms with Gasteiger partial charge in [-0.05, 0) is 55.2 Å². The van der Waals surface area contributed by atoms with Gasteiger partial charge in [-0.2, -0.15) is 9.67 Å². The quantitative estimate of drug-likeness (QED) is 0.725. The Morgan fingerprint density at radius 3 is 2.57 bits per heavy atom. The summed E-state index contributed by atoms with van der Waals surface area (Å²) in [6.07, 6.45) is 3.80. The summed E-state index contributed by atoms with van der Waals surface area (Å²) in [5, 5.41) is 7.46. The molecule has 0 saturated carbocycles. The van der Waals surface area contributed by atoms with Gasteiger partial charge in [0.2, 0.25) is 11.9 Å². The second-order valence-electron chi connectivity index (χ2n) is 7.07. The van der Waals surface area contributed by atoms with Crippen LogP contribution < -0.4 is 11.1 Å². The molecule has 1 amide bonds. The molecule has 1 aliphatic heterocycles. The minimum Gasteiger partial charge on any atom is -0.368 e. The normalized spacial score (nSPS) is 14.8. The molecule has 0 bridgehead atoms. The summed E-state index contributed by atoms with van der Waals surface area (Å²) < 4.78 is 1.47. The van der Waals surface area contributed by atoms with Crippen LogP contribution in [0.4, 0.5) is 17.6 Å². The lowest BCUT2D eigenvalue weighted by Gasteiger charge is -2.30. The van der Waals surface area contributed by atoms with Gasteiger partial charge >= 0.3 is 0 Å². The lowest BCUT2D eigenvalue weighted by molar-refractivity contribution is 0.0697. The monoisotopic (exact) mass is 377 g/mol. The first-order chi connectivity index (χ1) is 13.6. The van der Waals surface area contributed by atoms with E-state index in [9.17, 15) is 4.79 Å². The molecule has 3 heterocycles. The zero-order chi connectivity index (χ0) is 19.5. The summed E-state index contributed by atoms with van der Waals surface area (Å²) in [6, 6.07) is 12.8. The summed E-state index contributed by atoms with van der Waals surface area (Å²) in [5.74, 6) is 1.98. The van der Waals surface area contributed by atoms with Gasteiger partial charge in [-0.3, -0.25) is 4.79 Å². The van der Waals surface area contributed by atoms with E-state index in [1.165, 1.54) is 4.68 Å². The predicted octanol–water partition coefficient (Wildman–Crippen LogP) is 2.86. The number of piperidine rings is 1. The highest BCUT2D eigenvalue weighted by Crippen LogP contribution is 2.20. The fourth-order valence-electron chi connectivity index (χ4n) is 3.24. The molecule has 144 valence electrons. The van der Waals surface area contributed by atoms with Crippen molar-refractivity contribution in [3.63, 3.8) is 0 Å². The number of carbonyl (C=O) groups excluding carboxylic acids is 1. The maximum absolute atomic E-state index is 12.6. The number of amides is 1. The van der Waals surface area contributed by atoms with Crippen LogP contribution in [0.15, 0.2) is 48.7 Å². The third-order valence-corrected chi connectivity index (χ3v) is 4.96. The summed E-state index contributed by atoms with van der Waals surface area (Å²) in [4.78, 5) is 23.0. The number of hydrogen-bond acceptors (Lipinski definition) is 6. The van der Waals surface area contributed by atoms with Crippen molar-refractivity contribution in [2.45, 2.75) is 19.8 Å². The Morgan fingerprint density at radius 2 is 1.89 bits per heavy atom. The van der Waals surface area contributed by atoms with Gasteiger partial charge in [-0.25, -0.2) is 4.98 Å². The Labute approximate surface area is 163 Å². The molecule has 0 unspecified atom stereocenters. The van der Waals surface area contributed by atoms with Crippen molar-refractivity contribution in [2.24, 2.45) is 5.92 Å². The SMILES string of the molecule is CC1CCN(C(=O)c2ccc(Nc3nc(N)n(-c4ccccn4)n3)cc2)CC1. The Kier molecular flexibility index (Phi) is 4.92. The number of benzene rings is 1. The molecular weight excluding hydrogens is 354 g/mol. The molecular formula is C20H23N7O. The van der Waals surface area contributed by atoms with E-state index in [0.29, 0.717) is 23.2 Å². The second-order valence-corrected chi connectivity index (χ2v) is 7.07.